The van der Waals surface area contributed by atoms with Gasteiger partial charge in [-0.05, 0) is 0 Å². The van der Waals surface area contributed by atoms with E-state index >= 15 is 0 Å². The van der Waals surface area contributed by atoms with Crippen molar-refractivity contribution in [3.63, 3.8) is 0 Å². The fourth-order valence-electron chi connectivity index (χ4n) is 0. The minimum atomic E-state index is 0. The van der Waals surface area contributed by atoms with E-state index in [9.17, 15) is 0 Å². The van der Waals surface area contributed by atoms with Crippen LogP contribution in [0.5, 0.6) is 0 Å². The van der Waals surface area contributed by atoms with Crippen LogP contribution in [-0.2, 0) is 22.4 Å². The normalized spacial score (nSPS) is 0. The zero-order chi connectivity index (χ0) is 0. The first-order valence-electron chi connectivity index (χ1n) is 0. The van der Waals surface area contributed by atoms with Crippen molar-refractivity contribution < 1.29 is 22.4 Å². The Bertz CT molecular complexity index is 11.6. The quantitative estimate of drug-likeness (QED) is 0.237. The van der Waals surface area contributed by atoms with Crippen LogP contribution in [0.1, 0.15) is 0 Å². The molecule has 0 aliphatic rings. The van der Waals surface area contributed by atoms with Crippen LogP contribution >= 0.6 is 0 Å². The minimum absolute atomic E-state index is 0. The second-order valence-corrected chi connectivity index (χ2v) is 0. The topological polar surface area (TPSA) is 0 Å². The van der Waals surface area contributed by atoms with Crippen LogP contribution in [0.3, 0.4) is 0 Å². The number of hydrogen-bond donors (Lipinski definition) is 0. The van der Waals surface area contributed by atoms with Crippen molar-refractivity contribution in [1.82, 2.24) is 0 Å². The molecule has 0 aliphatic heterocycles. The fraction of sp³-hybridized carbons (Fsp3) is 0. The van der Waals surface area contributed by atoms with Crippen LogP contribution in [0.25, 0.3) is 0 Å². The molecular weight excluding hydrogens is 620 g/mol. The van der Waals surface area contributed by atoms with E-state index in [2.05, 4.69) is 0 Å². The SMILES string of the molecule is [Ag].[BiH3].[GaH3].[InH3].[SnH2]. The van der Waals surface area contributed by atoms with E-state index in [4.69, 9.17) is 0 Å². The van der Waals surface area contributed by atoms with Crippen LogP contribution in [-0.4, -0.2) is 95.7 Å². The Morgan fingerprint density at radius 2 is 1.00 bits per heavy atom. The van der Waals surface area contributed by atoms with E-state index in [0.717, 1.165) is 0 Å². The molecule has 0 nitrogen and oxygen atoms in total. The molecule has 0 unspecified atom stereocenters. The average molecular weight is 631 g/mol. The summed E-state index contributed by atoms with van der Waals surface area (Å²) in [6.07, 6.45) is 0. The second kappa shape index (κ2) is 24.7. The van der Waals surface area contributed by atoms with Crippen molar-refractivity contribution in [2.75, 3.05) is 0 Å². The third-order valence-corrected chi connectivity index (χ3v) is 0. The molecule has 0 heterocycles. The fourth-order valence-corrected chi connectivity index (χ4v) is 0. The zero-order valence-electron chi connectivity index (χ0n) is 1.72. The van der Waals surface area contributed by atoms with Gasteiger partial charge in [0.1, 0.15) is 0 Å². The Hall–Kier alpha value is 3.93. The van der Waals surface area contributed by atoms with Gasteiger partial charge in [-0.25, -0.2) is 0 Å². The molecule has 5 heteroatoms. The number of rotatable bonds is 0. The van der Waals surface area contributed by atoms with Crippen molar-refractivity contribution in [3.05, 3.63) is 0 Å². The van der Waals surface area contributed by atoms with Gasteiger partial charge in [-0.3, -0.25) is 0 Å². The summed E-state index contributed by atoms with van der Waals surface area (Å²) in [7, 11) is 0. The van der Waals surface area contributed by atoms with Gasteiger partial charge in [-0.1, -0.05) is 0 Å². The van der Waals surface area contributed by atoms with Gasteiger partial charge >= 0.3 is 95.7 Å². The van der Waals surface area contributed by atoms with E-state index in [-0.39, 0.29) is 118 Å². The van der Waals surface area contributed by atoms with Crippen molar-refractivity contribution in [2.24, 2.45) is 0 Å². The molecule has 0 aromatic carbocycles. The molecule has 37 valence electrons. The van der Waals surface area contributed by atoms with Gasteiger partial charge < -0.3 is 0 Å². The maximum absolute atomic E-state index is 0. The van der Waals surface area contributed by atoms with Gasteiger partial charge in [0, 0.05) is 22.4 Å². The summed E-state index contributed by atoms with van der Waals surface area (Å²) in [6.45, 7) is 0. The molecule has 3 radical (unpaired) electrons. The average Bonchev–Trinajstić information content (AvgIpc) is 0. The van der Waals surface area contributed by atoms with Crippen molar-refractivity contribution in [1.29, 1.82) is 0 Å². The molecule has 0 rings (SSSR count). The zero-order valence-corrected chi connectivity index (χ0v) is 12.7. The predicted octanol–water partition coefficient (Wildman–Crippen LogP) is -4.47. The molecule has 0 spiro atoms. The van der Waals surface area contributed by atoms with E-state index in [0.29, 0.717) is 0 Å². The third kappa shape index (κ3) is 18.1. The summed E-state index contributed by atoms with van der Waals surface area (Å²) in [5.41, 5.74) is 0. The Balaban J connectivity index is 0. The van der Waals surface area contributed by atoms with E-state index < -0.39 is 0 Å². The van der Waals surface area contributed by atoms with Gasteiger partial charge in [0.2, 0.25) is 0 Å². The summed E-state index contributed by atoms with van der Waals surface area (Å²) < 4.78 is 0. The monoisotopic (exact) mass is 631 g/mol. The molecule has 0 aromatic heterocycles. The molecule has 5 heavy (non-hydrogen) atoms. The van der Waals surface area contributed by atoms with Crippen LogP contribution in [0.15, 0.2) is 0 Å². The molecular formula is H11AgBiGaInSn. The van der Waals surface area contributed by atoms with Crippen molar-refractivity contribution in [2.45, 2.75) is 0 Å². The van der Waals surface area contributed by atoms with Crippen LogP contribution < -0.4 is 0 Å². The van der Waals surface area contributed by atoms with Gasteiger partial charge in [-0.2, -0.15) is 0 Å². The van der Waals surface area contributed by atoms with Crippen LogP contribution in [0, 0.1) is 0 Å². The predicted molar refractivity (Wildman–Crippen MR) is 38.4 cm³/mol. The molecule has 0 N–H and O–H groups in total. The summed E-state index contributed by atoms with van der Waals surface area (Å²) in [5, 5.41) is 0. The molecule has 0 aliphatic carbocycles. The first-order valence-corrected chi connectivity index (χ1v) is 0. The van der Waals surface area contributed by atoms with Gasteiger partial charge in [-0.15, -0.1) is 0 Å². The summed E-state index contributed by atoms with van der Waals surface area (Å²) in [5.74, 6) is 0. The third-order valence-electron chi connectivity index (χ3n) is 0. The summed E-state index contributed by atoms with van der Waals surface area (Å²) >= 11 is 0. The molecule has 0 saturated heterocycles. The molecule has 0 amide bonds. The maximum atomic E-state index is 0. The molecule has 0 aromatic rings. The molecule has 0 atom stereocenters. The standard InChI is InChI=1S/Ag.Bi.Ga.In.Sn.11H. The Labute approximate surface area is 115 Å². The van der Waals surface area contributed by atoms with Gasteiger partial charge in [0.05, 0.1) is 0 Å². The summed E-state index contributed by atoms with van der Waals surface area (Å²) in [4.78, 5) is 0. The number of hydrogen-bond acceptors (Lipinski definition) is 0. The molecule has 0 saturated carbocycles. The van der Waals surface area contributed by atoms with Crippen molar-refractivity contribution in [3.8, 4) is 0 Å². The van der Waals surface area contributed by atoms with E-state index in [1.165, 1.54) is 0 Å². The Kier molecular flexibility index (Phi) is 179. The van der Waals surface area contributed by atoms with Gasteiger partial charge in [0.25, 0.3) is 0 Å². The van der Waals surface area contributed by atoms with Gasteiger partial charge in [0.15, 0.2) is 0 Å². The van der Waals surface area contributed by atoms with E-state index in [1.807, 2.05) is 0 Å². The van der Waals surface area contributed by atoms with Crippen LogP contribution in [0.2, 0.25) is 0 Å². The first-order chi connectivity index (χ1) is 0. The first kappa shape index (κ1) is 36.4. The Morgan fingerprint density at radius 1 is 1.00 bits per heavy atom. The molecule has 0 bridgehead atoms. The van der Waals surface area contributed by atoms with Crippen LogP contribution in [0.4, 0.5) is 0 Å². The van der Waals surface area contributed by atoms with Crippen molar-refractivity contribution >= 4 is 95.7 Å². The van der Waals surface area contributed by atoms with E-state index in [1.54, 1.807) is 0 Å². The Morgan fingerprint density at radius 3 is 1.00 bits per heavy atom. The second-order valence-electron chi connectivity index (χ2n) is 0. The molecule has 0 fully saturated rings. The summed E-state index contributed by atoms with van der Waals surface area (Å²) in [6, 6.07) is 0.